The monoisotopic (exact) mass is 432 g/mol. The molecule has 0 amide bonds. The molecule has 0 heterocycles. The first-order valence-electron chi connectivity index (χ1n) is 12.5. The number of hydrogen-bond donors (Lipinski definition) is 0. The van der Waals surface area contributed by atoms with E-state index >= 15 is 0 Å². The van der Waals surface area contributed by atoms with Crippen molar-refractivity contribution >= 4 is 0 Å². The molecule has 2 atom stereocenters. The zero-order chi connectivity index (χ0) is 23.3. The van der Waals surface area contributed by atoms with Crippen LogP contribution in [0.4, 0.5) is 0 Å². The normalized spacial score (nSPS) is 13.4. The van der Waals surface area contributed by atoms with Gasteiger partial charge in [-0.2, -0.15) is 0 Å². The Kier molecular flexibility index (Phi) is 11.6. The molecule has 2 aromatic rings. The summed E-state index contributed by atoms with van der Waals surface area (Å²) in [5.41, 5.74) is 2.73. The van der Waals surface area contributed by atoms with Gasteiger partial charge in [0, 0.05) is 13.1 Å². The predicted molar refractivity (Wildman–Crippen MR) is 139 cm³/mol. The Labute approximate surface area is 198 Å². The molecule has 2 unspecified atom stereocenters. The summed E-state index contributed by atoms with van der Waals surface area (Å²) in [4.78, 5) is 5.09. The summed E-state index contributed by atoms with van der Waals surface area (Å²) in [5, 5.41) is 0. The second kappa shape index (κ2) is 14.1. The molecule has 2 rings (SSSR count). The van der Waals surface area contributed by atoms with Crippen LogP contribution in [0.3, 0.4) is 0 Å². The largest absolute Gasteiger partial charge is 0.286 e. The van der Waals surface area contributed by atoms with E-state index in [-0.39, 0.29) is 12.1 Å². The van der Waals surface area contributed by atoms with Crippen molar-refractivity contribution in [2.24, 2.45) is 11.8 Å². The lowest BCUT2D eigenvalue weighted by Crippen LogP contribution is -2.37. The fraction of sp³-hybridized carbons (Fsp3) is 0.533. The van der Waals surface area contributed by atoms with Crippen LogP contribution >= 0.6 is 0 Å². The smallest absolute Gasteiger partial charge is 0.0720 e. The molecule has 174 valence electrons. The Hall–Kier alpha value is -2.08. The van der Waals surface area contributed by atoms with Crippen LogP contribution < -0.4 is 0 Å². The van der Waals surface area contributed by atoms with E-state index in [4.69, 9.17) is 0 Å². The molecule has 2 heteroatoms. The molecule has 0 radical (unpaired) electrons. The topological polar surface area (TPSA) is 6.48 Å². The lowest BCUT2D eigenvalue weighted by atomic mass is 9.99. The van der Waals surface area contributed by atoms with Crippen molar-refractivity contribution in [3.8, 4) is 11.8 Å². The maximum Gasteiger partial charge on any atom is 0.0720 e. The Morgan fingerprint density at radius 1 is 0.594 bits per heavy atom. The molecule has 0 saturated carbocycles. The van der Waals surface area contributed by atoms with Gasteiger partial charge in [-0.25, -0.2) is 0 Å². The highest BCUT2D eigenvalue weighted by molar-refractivity contribution is 5.19. The third kappa shape index (κ3) is 9.19. The van der Waals surface area contributed by atoms with Gasteiger partial charge in [0.25, 0.3) is 0 Å². The van der Waals surface area contributed by atoms with Crippen molar-refractivity contribution in [2.75, 3.05) is 13.1 Å². The van der Waals surface area contributed by atoms with E-state index in [0.717, 1.165) is 39.0 Å². The molecule has 0 saturated heterocycles. The Morgan fingerprint density at radius 2 is 0.938 bits per heavy atom. The summed E-state index contributed by atoms with van der Waals surface area (Å²) in [5.74, 6) is 8.76. The quantitative estimate of drug-likeness (QED) is 0.338. The molecule has 0 aromatic heterocycles. The van der Waals surface area contributed by atoms with Gasteiger partial charge in [-0.05, 0) is 48.9 Å². The minimum Gasteiger partial charge on any atom is -0.286 e. The fourth-order valence-corrected chi connectivity index (χ4v) is 4.20. The van der Waals surface area contributed by atoms with Crippen molar-refractivity contribution in [3.05, 3.63) is 71.8 Å². The van der Waals surface area contributed by atoms with E-state index in [1.165, 1.54) is 11.1 Å². The highest BCUT2D eigenvalue weighted by Gasteiger charge is 2.20. The zero-order valence-electron chi connectivity index (χ0n) is 21.2. The minimum atomic E-state index is 0.283. The van der Waals surface area contributed by atoms with E-state index < -0.39 is 0 Å². The summed E-state index contributed by atoms with van der Waals surface area (Å²) in [6.07, 6.45) is 2.21. The molecule has 0 fully saturated rings. The second-order valence-electron chi connectivity index (χ2n) is 9.68. The van der Waals surface area contributed by atoms with Gasteiger partial charge < -0.3 is 0 Å². The van der Waals surface area contributed by atoms with Crippen molar-refractivity contribution in [1.82, 2.24) is 9.80 Å². The second-order valence-corrected chi connectivity index (χ2v) is 9.68. The van der Waals surface area contributed by atoms with Crippen LogP contribution in [0.1, 0.15) is 65.5 Å². The number of benzene rings is 2. The minimum absolute atomic E-state index is 0.283. The molecule has 0 spiro atoms. The van der Waals surface area contributed by atoms with E-state index in [2.05, 4.69) is 124 Å². The summed E-state index contributed by atoms with van der Waals surface area (Å²) in [7, 11) is 0. The molecule has 0 aliphatic carbocycles. The first-order valence-corrected chi connectivity index (χ1v) is 12.5. The highest BCUT2D eigenvalue weighted by atomic mass is 15.2. The predicted octanol–water partition coefficient (Wildman–Crippen LogP) is 6.86. The van der Waals surface area contributed by atoms with Gasteiger partial charge in [0.1, 0.15) is 0 Å². The summed E-state index contributed by atoms with van der Waals surface area (Å²) >= 11 is 0. The first kappa shape index (κ1) is 26.2. The third-order valence-electron chi connectivity index (χ3n) is 5.96. The van der Waals surface area contributed by atoms with Crippen LogP contribution in [-0.4, -0.2) is 35.0 Å². The van der Waals surface area contributed by atoms with Gasteiger partial charge >= 0.3 is 0 Å². The average molecular weight is 433 g/mol. The molecular weight excluding hydrogens is 388 g/mol. The molecule has 0 aliphatic rings. The molecule has 2 aromatic carbocycles. The Bertz CT molecular complexity index is 733. The lowest BCUT2D eigenvalue weighted by Gasteiger charge is -2.30. The van der Waals surface area contributed by atoms with Crippen LogP contribution in [0.5, 0.6) is 0 Å². The maximum atomic E-state index is 3.76. The van der Waals surface area contributed by atoms with Gasteiger partial charge in [-0.15, -0.1) is 0 Å². The van der Waals surface area contributed by atoms with Crippen LogP contribution in [-0.2, 0) is 13.1 Å². The van der Waals surface area contributed by atoms with Gasteiger partial charge in [-0.1, -0.05) is 114 Å². The summed E-state index contributed by atoms with van der Waals surface area (Å²) < 4.78 is 0. The van der Waals surface area contributed by atoms with Crippen molar-refractivity contribution < 1.29 is 0 Å². The average Bonchev–Trinajstić information content (AvgIpc) is 2.78. The van der Waals surface area contributed by atoms with Crippen LogP contribution in [0.2, 0.25) is 0 Å². The van der Waals surface area contributed by atoms with Crippen molar-refractivity contribution in [3.63, 3.8) is 0 Å². The SMILES string of the molecule is CCN(Cc1ccccc1)C(C#CC(CC(C)C)N(CC)Cc1ccccc1)CC(C)C. The molecular formula is C30H44N2. The summed E-state index contributed by atoms with van der Waals surface area (Å²) in [6.45, 7) is 17.7. The van der Waals surface area contributed by atoms with Crippen molar-refractivity contribution in [1.29, 1.82) is 0 Å². The molecule has 2 nitrogen and oxygen atoms in total. The summed E-state index contributed by atoms with van der Waals surface area (Å²) in [6, 6.07) is 22.2. The van der Waals surface area contributed by atoms with E-state index in [9.17, 15) is 0 Å². The fourth-order valence-electron chi connectivity index (χ4n) is 4.20. The van der Waals surface area contributed by atoms with Gasteiger partial charge in [0.2, 0.25) is 0 Å². The molecule has 0 aliphatic heterocycles. The lowest BCUT2D eigenvalue weighted by molar-refractivity contribution is 0.208. The van der Waals surface area contributed by atoms with Gasteiger partial charge in [-0.3, -0.25) is 9.80 Å². The number of hydrogen-bond acceptors (Lipinski definition) is 2. The van der Waals surface area contributed by atoms with E-state index in [0.29, 0.717) is 11.8 Å². The van der Waals surface area contributed by atoms with Crippen LogP contribution in [0, 0.1) is 23.7 Å². The molecule has 0 N–H and O–H groups in total. The molecule has 32 heavy (non-hydrogen) atoms. The van der Waals surface area contributed by atoms with Crippen molar-refractivity contribution in [2.45, 2.75) is 79.6 Å². The van der Waals surface area contributed by atoms with Crippen LogP contribution in [0.15, 0.2) is 60.7 Å². The van der Waals surface area contributed by atoms with Crippen LogP contribution in [0.25, 0.3) is 0 Å². The number of nitrogens with zero attached hydrogens (tertiary/aromatic N) is 2. The highest BCUT2D eigenvalue weighted by Crippen LogP contribution is 2.18. The first-order chi connectivity index (χ1) is 15.4. The van der Waals surface area contributed by atoms with E-state index in [1.807, 2.05) is 0 Å². The zero-order valence-corrected chi connectivity index (χ0v) is 21.2. The van der Waals surface area contributed by atoms with Gasteiger partial charge in [0.05, 0.1) is 12.1 Å². The van der Waals surface area contributed by atoms with E-state index in [1.54, 1.807) is 0 Å². The third-order valence-corrected chi connectivity index (χ3v) is 5.96. The standard InChI is InChI=1S/C30H44N2/c1-7-31(23-27-15-11-9-12-16-27)29(21-25(3)4)19-20-30(22-26(5)6)32(8-2)24-28-17-13-10-14-18-28/h9-18,25-26,29-30H,7-8,21-24H2,1-6H3. The Morgan fingerprint density at radius 3 is 1.22 bits per heavy atom. The maximum absolute atomic E-state index is 3.76. The Balaban J connectivity index is 2.26. The van der Waals surface area contributed by atoms with Gasteiger partial charge in [0.15, 0.2) is 0 Å². The molecule has 0 bridgehead atoms. The number of rotatable bonds is 12.